The van der Waals surface area contributed by atoms with Gasteiger partial charge in [0.2, 0.25) is 5.82 Å². The van der Waals surface area contributed by atoms with Crippen molar-refractivity contribution >= 4 is 19.6 Å². The van der Waals surface area contributed by atoms with Crippen LogP contribution in [0.4, 0.5) is 4.39 Å². The maximum absolute atomic E-state index is 13.6. The minimum atomic E-state index is -4.36. The van der Waals surface area contributed by atoms with E-state index >= 15 is 0 Å². The average Bonchev–Trinajstić information content (AvgIpc) is 3.36. The van der Waals surface area contributed by atoms with Gasteiger partial charge in [-0.1, -0.05) is 103 Å². The second-order valence-corrected chi connectivity index (χ2v) is 14.6. The van der Waals surface area contributed by atoms with Gasteiger partial charge in [-0.15, -0.1) is 0 Å². The van der Waals surface area contributed by atoms with Gasteiger partial charge in [0.1, 0.15) is 12.3 Å². The third kappa shape index (κ3) is 14.3. The number of aliphatic hydroxyl groups is 1. The monoisotopic (exact) mass is 650 g/mol. The molecule has 13 heteroatoms. The van der Waals surface area contributed by atoms with Gasteiger partial charge in [0.05, 0.1) is 25.5 Å². The summed E-state index contributed by atoms with van der Waals surface area (Å²) in [7, 11) is -4.36. The van der Waals surface area contributed by atoms with E-state index in [2.05, 4.69) is 0 Å². The molecule has 4 atom stereocenters. The molecule has 2 fully saturated rings. The smallest absolute Gasteiger partial charge is 0.390 e. The Hall–Kier alpha value is -1.01. The van der Waals surface area contributed by atoms with Gasteiger partial charge in [-0.3, -0.25) is 23.4 Å². The molecule has 2 aliphatic rings. The van der Waals surface area contributed by atoms with Crippen LogP contribution in [-0.4, -0.2) is 56.5 Å². The van der Waals surface area contributed by atoms with Crippen molar-refractivity contribution in [2.45, 2.75) is 134 Å². The molecule has 1 unspecified atom stereocenters. The molecule has 2 heterocycles. The second kappa shape index (κ2) is 20.2. The first-order chi connectivity index (χ1) is 20.7. The first kappa shape index (κ1) is 36.5. The Morgan fingerprint density at radius 1 is 0.953 bits per heavy atom. The molecule has 10 nitrogen and oxygen atoms in total. The molecule has 0 radical (unpaired) electrons. The van der Waals surface area contributed by atoms with Gasteiger partial charge in [0.25, 0.3) is 5.56 Å². The predicted octanol–water partition coefficient (Wildman–Crippen LogP) is 6.45. The van der Waals surface area contributed by atoms with Crippen molar-refractivity contribution in [2.24, 2.45) is 5.92 Å². The lowest BCUT2D eigenvalue weighted by atomic mass is 9.85. The molecule has 0 amide bonds. The summed E-state index contributed by atoms with van der Waals surface area (Å²) in [6.45, 7) is -0.415. The highest BCUT2D eigenvalue weighted by Gasteiger charge is 2.37. The van der Waals surface area contributed by atoms with Crippen molar-refractivity contribution in [1.82, 2.24) is 9.55 Å². The van der Waals surface area contributed by atoms with E-state index in [0.717, 1.165) is 22.7 Å². The van der Waals surface area contributed by atoms with Gasteiger partial charge >= 0.3 is 13.5 Å². The van der Waals surface area contributed by atoms with Crippen LogP contribution < -0.4 is 11.2 Å². The summed E-state index contributed by atoms with van der Waals surface area (Å²) < 4.78 is 42.0. The standard InChI is InChI=1S/C30H52FN2O8PS/c31-25-22-33(30(36)32-29(25)35)28-21-26(34)27(41-28)23-40-42(37,38)39-18-20-43-19-14-9-7-5-3-1-2-4-6-8-11-15-24-16-12-10-13-17-24/h22,24,26-28,34H,1-21,23H2,(H,37,38)(H,32,35,36)/t26-,27+,28+/m0/s1. The molecule has 1 aliphatic heterocycles. The molecule has 1 saturated carbocycles. The molecule has 43 heavy (non-hydrogen) atoms. The highest BCUT2D eigenvalue weighted by atomic mass is 32.2. The van der Waals surface area contributed by atoms with Crippen LogP contribution in [-0.2, 0) is 18.3 Å². The number of hydrogen-bond acceptors (Lipinski definition) is 8. The number of phosphoric ester groups is 1. The van der Waals surface area contributed by atoms with Gasteiger partial charge in [-0.2, -0.15) is 16.2 Å². The Bertz CT molecular complexity index is 1080. The molecule has 1 saturated heterocycles. The fraction of sp³-hybridized carbons (Fsp3) is 0.867. The van der Waals surface area contributed by atoms with Crippen LogP contribution in [0.5, 0.6) is 0 Å². The third-order valence-electron chi connectivity index (χ3n) is 8.45. The summed E-state index contributed by atoms with van der Waals surface area (Å²) in [5, 5.41) is 10.2. The molecular weight excluding hydrogens is 598 g/mol. The van der Waals surface area contributed by atoms with Gasteiger partial charge in [-0.05, 0) is 18.1 Å². The molecular formula is C30H52FN2O8PS. The van der Waals surface area contributed by atoms with E-state index in [-0.39, 0.29) is 13.0 Å². The number of aromatic nitrogens is 2. The Balaban J connectivity index is 1.11. The topological polar surface area (TPSA) is 140 Å². The number of unbranched alkanes of at least 4 members (excludes halogenated alkanes) is 10. The van der Waals surface area contributed by atoms with Crippen LogP contribution >= 0.6 is 19.6 Å². The van der Waals surface area contributed by atoms with Crippen LogP contribution in [0.1, 0.15) is 122 Å². The van der Waals surface area contributed by atoms with E-state index in [4.69, 9.17) is 13.8 Å². The Labute approximate surface area is 259 Å². The second-order valence-electron chi connectivity index (χ2n) is 12.0. The van der Waals surface area contributed by atoms with Crippen molar-refractivity contribution in [3.05, 3.63) is 32.9 Å². The lowest BCUT2D eigenvalue weighted by Crippen LogP contribution is -2.34. The Morgan fingerprint density at radius 2 is 1.58 bits per heavy atom. The molecule has 3 rings (SSSR count). The largest absolute Gasteiger partial charge is 0.472 e. The molecule has 1 aliphatic carbocycles. The zero-order chi connectivity index (χ0) is 30.9. The number of nitrogens with one attached hydrogen (secondary N) is 1. The van der Waals surface area contributed by atoms with Crippen LogP contribution in [0, 0.1) is 11.7 Å². The van der Waals surface area contributed by atoms with Gasteiger partial charge < -0.3 is 14.7 Å². The number of halogens is 1. The van der Waals surface area contributed by atoms with Crippen LogP contribution in [0.2, 0.25) is 0 Å². The van der Waals surface area contributed by atoms with Crippen molar-refractivity contribution in [3.8, 4) is 0 Å². The number of aliphatic hydroxyl groups excluding tert-OH is 1. The van der Waals surface area contributed by atoms with Gasteiger partial charge in [-0.25, -0.2) is 9.36 Å². The Kier molecular flexibility index (Phi) is 17.1. The summed E-state index contributed by atoms with van der Waals surface area (Å²) >= 11 is 1.66. The molecule has 248 valence electrons. The van der Waals surface area contributed by atoms with Crippen LogP contribution in [0.3, 0.4) is 0 Å². The number of thioether (sulfide) groups is 1. The quantitative estimate of drug-likeness (QED) is 0.0954. The molecule has 0 aromatic carbocycles. The van der Waals surface area contributed by atoms with Gasteiger partial charge in [0, 0.05) is 12.2 Å². The summed E-state index contributed by atoms with van der Waals surface area (Å²) in [6.07, 6.45) is 20.7. The lowest BCUT2D eigenvalue weighted by Gasteiger charge is -2.21. The van der Waals surface area contributed by atoms with Crippen LogP contribution in [0.15, 0.2) is 15.8 Å². The molecule has 1 aromatic heterocycles. The predicted molar refractivity (Wildman–Crippen MR) is 167 cm³/mol. The number of nitrogens with zero attached hydrogens (tertiary/aromatic N) is 1. The van der Waals surface area contributed by atoms with E-state index in [9.17, 15) is 28.5 Å². The summed E-state index contributed by atoms with van der Waals surface area (Å²) in [6, 6.07) is 0. The summed E-state index contributed by atoms with van der Waals surface area (Å²) in [4.78, 5) is 34.9. The zero-order valence-electron chi connectivity index (χ0n) is 25.5. The fourth-order valence-electron chi connectivity index (χ4n) is 5.93. The maximum Gasteiger partial charge on any atom is 0.472 e. The van der Waals surface area contributed by atoms with E-state index in [0.29, 0.717) is 11.9 Å². The number of rotatable bonds is 22. The minimum Gasteiger partial charge on any atom is -0.390 e. The zero-order valence-corrected chi connectivity index (χ0v) is 27.2. The van der Waals surface area contributed by atoms with E-state index < -0.39 is 49.9 Å². The highest BCUT2D eigenvalue weighted by molar-refractivity contribution is 7.99. The van der Waals surface area contributed by atoms with Crippen molar-refractivity contribution in [2.75, 3.05) is 24.7 Å². The molecule has 0 spiro atoms. The van der Waals surface area contributed by atoms with Crippen molar-refractivity contribution < 1.29 is 32.7 Å². The normalized spacial score (nSPS) is 22.6. The Morgan fingerprint density at radius 3 is 2.26 bits per heavy atom. The first-order valence-electron chi connectivity index (χ1n) is 16.3. The number of hydrogen-bond donors (Lipinski definition) is 3. The first-order valence-corrected chi connectivity index (χ1v) is 18.9. The summed E-state index contributed by atoms with van der Waals surface area (Å²) in [5.41, 5.74) is -2.05. The highest BCUT2D eigenvalue weighted by Crippen LogP contribution is 2.44. The molecule has 0 bridgehead atoms. The van der Waals surface area contributed by atoms with Crippen LogP contribution in [0.25, 0.3) is 0 Å². The minimum absolute atomic E-state index is 0.0434. The third-order valence-corrected chi connectivity index (χ3v) is 10.5. The number of ether oxygens (including phenoxy) is 1. The maximum atomic E-state index is 13.6. The van der Waals surface area contributed by atoms with E-state index in [1.54, 1.807) is 11.8 Å². The molecule has 1 aromatic rings. The van der Waals surface area contributed by atoms with E-state index in [1.807, 2.05) is 4.98 Å². The number of H-pyrrole nitrogens is 1. The van der Waals surface area contributed by atoms with Crippen molar-refractivity contribution in [3.63, 3.8) is 0 Å². The van der Waals surface area contributed by atoms with Gasteiger partial charge in [0.15, 0.2) is 0 Å². The number of aromatic amines is 1. The van der Waals surface area contributed by atoms with Crippen molar-refractivity contribution in [1.29, 1.82) is 0 Å². The van der Waals surface area contributed by atoms with E-state index in [1.165, 1.54) is 103 Å². The SMILES string of the molecule is O=c1[nH]c(=O)n([C@H]2C[C@H](O)[C@@H](COP(=O)(O)OCCSCCCCCCCCCCCCCC3CCCCC3)O2)cc1F. The summed E-state index contributed by atoms with van der Waals surface area (Å²) in [5.74, 6) is 1.38. The fourth-order valence-corrected chi connectivity index (χ4v) is 7.60. The number of phosphoric acid groups is 1. The average molecular weight is 651 g/mol. The molecule has 3 N–H and O–H groups in total. The lowest BCUT2D eigenvalue weighted by molar-refractivity contribution is -0.0465.